The van der Waals surface area contributed by atoms with E-state index in [9.17, 15) is 26.7 Å². The van der Waals surface area contributed by atoms with Gasteiger partial charge in [-0.3, -0.25) is 4.79 Å². The summed E-state index contributed by atoms with van der Waals surface area (Å²) in [6, 6.07) is 11.6. The third kappa shape index (κ3) is 6.24. The number of piperidine rings is 1. The van der Waals surface area contributed by atoms with Gasteiger partial charge < -0.3 is 24.9 Å². The van der Waals surface area contributed by atoms with E-state index in [0.29, 0.717) is 55.4 Å². The van der Waals surface area contributed by atoms with Crippen molar-refractivity contribution in [2.45, 2.75) is 71.8 Å². The molecule has 0 amide bonds. The van der Waals surface area contributed by atoms with E-state index in [1.54, 1.807) is 30.3 Å². The lowest BCUT2D eigenvalue weighted by molar-refractivity contribution is -0.0312. The highest BCUT2D eigenvalue weighted by Gasteiger charge is 2.45. The number of aryl methyl sites for hydroxylation is 1. The van der Waals surface area contributed by atoms with Gasteiger partial charge >= 0.3 is 0 Å². The molecule has 3 aromatic rings. The molecule has 43 heavy (non-hydrogen) atoms. The van der Waals surface area contributed by atoms with Crippen molar-refractivity contribution in [1.82, 2.24) is 14.6 Å². The number of H-pyrrole nitrogens is 1. The summed E-state index contributed by atoms with van der Waals surface area (Å²) < 4.78 is 65.0. The summed E-state index contributed by atoms with van der Waals surface area (Å²) in [5, 5.41) is 13.8. The van der Waals surface area contributed by atoms with Crippen LogP contribution in [0.2, 0.25) is 0 Å². The Labute approximate surface area is 251 Å². The largest absolute Gasteiger partial charge is 0.491 e. The highest BCUT2D eigenvalue weighted by atomic mass is 32.2. The average molecular weight is 632 g/mol. The molecule has 2 atom stereocenters. The minimum Gasteiger partial charge on any atom is -0.491 e. The number of sulfone groups is 1. The van der Waals surface area contributed by atoms with Gasteiger partial charge in [-0.05, 0) is 74.9 Å². The predicted octanol–water partition coefficient (Wildman–Crippen LogP) is 2.11. The van der Waals surface area contributed by atoms with Crippen LogP contribution >= 0.6 is 0 Å². The van der Waals surface area contributed by atoms with Gasteiger partial charge in [0, 0.05) is 42.8 Å². The molecule has 3 fully saturated rings. The molecule has 3 N–H and O–H groups in total. The Hall–Kier alpha value is -2.81. The Balaban J connectivity index is 0.991. The minimum absolute atomic E-state index is 0.00101. The summed E-state index contributed by atoms with van der Waals surface area (Å²) in [7, 11) is -7.30. The third-order valence-corrected chi connectivity index (χ3v) is 12.8. The number of rotatable bonds is 10. The fourth-order valence-electron chi connectivity index (χ4n) is 5.97. The number of nitrogens with zero attached hydrogens (tertiary/aromatic N) is 1. The van der Waals surface area contributed by atoms with E-state index < -0.39 is 37.0 Å². The molecule has 1 spiro atoms. The topological polar surface area (TPSA) is 155 Å². The summed E-state index contributed by atoms with van der Waals surface area (Å²) >= 11 is 0. The summed E-state index contributed by atoms with van der Waals surface area (Å²) in [5.74, 6) is 0.395. The average Bonchev–Trinajstić information content (AvgIpc) is 3.78. The second-order valence-corrected chi connectivity index (χ2v) is 16.1. The minimum atomic E-state index is -3.98. The molecule has 11 nitrogen and oxygen atoms in total. The van der Waals surface area contributed by atoms with Gasteiger partial charge in [0.1, 0.15) is 23.4 Å². The zero-order chi connectivity index (χ0) is 30.4. The van der Waals surface area contributed by atoms with Crippen LogP contribution in [0.15, 0.2) is 63.2 Å². The SMILES string of the molecule is Cc1ccc2c(=O)c(S(=O)(=O)N3CCC4(CC3)C[C@@H](NCC(O)COc3cccc(S(=O)(=O)C5CC5)c3)CO4)c[nH]c2c1. The van der Waals surface area contributed by atoms with E-state index in [0.717, 1.165) is 5.56 Å². The number of fused-ring (bicyclic) bond motifs is 1. The van der Waals surface area contributed by atoms with E-state index >= 15 is 0 Å². The van der Waals surface area contributed by atoms with Gasteiger partial charge in [0.25, 0.3) is 0 Å². The molecule has 1 saturated carbocycles. The molecule has 13 heteroatoms. The highest BCUT2D eigenvalue weighted by molar-refractivity contribution is 7.92. The van der Waals surface area contributed by atoms with Crippen molar-refractivity contribution < 1.29 is 31.4 Å². The molecule has 0 radical (unpaired) electrons. The van der Waals surface area contributed by atoms with Gasteiger partial charge in [0.2, 0.25) is 15.5 Å². The van der Waals surface area contributed by atoms with Crippen LogP contribution < -0.4 is 15.5 Å². The zero-order valence-corrected chi connectivity index (χ0v) is 25.6. The molecule has 232 valence electrons. The smallest absolute Gasteiger partial charge is 0.248 e. The van der Waals surface area contributed by atoms with Crippen LogP contribution in [-0.4, -0.2) is 87.1 Å². The fourth-order valence-corrected chi connectivity index (χ4v) is 9.16. The van der Waals surface area contributed by atoms with E-state index in [1.165, 1.54) is 16.6 Å². The monoisotopic (exact) mass is 631 g/mol. The maximum atomic E-state index is 13.4. The van der Waals surface area contributed by atoms with Crippen molar-refractivity contribution in [3.8, 4) is 5.75 Å². The quantitative estimate of drug-likeness (QED) is 0.305. The summed E-state index contributed by atoms with van der Waals surface area (Å²) in [6.45, 7) is 3.08. The number of sulfonamides is 1. The van der Waals surface area contributed by atoms with Crippen molar-refractivity contribution in [2.75, 3.05) is 32.8 Å². The summed E-state index contributed by atoms with van der Waals surface area (Å²) in [4.78, 5) is 16.0. The predicted molar refractivity (Wildman–Crippen MR) is 161 cm³/mol. The molecule has 1 aliphatic carbocycles. The molecule has 2 aliphatic heterocycles. The number of hydrogen-bond acceptors (Lipinski definition) is 9. The number of aliphatic hydroxyl groups excluding tert-OH is 1. The Morgan fingerprint density at radius 1 is 1.14 bits per heavy atom. The molecule has 0 bridgehead atoms. The van der Waals surface area contributed by atoms with Gasteiger partial charge in [-0.25, -0.2) is 16.8 Å². The van der Waals surface area contributed by atoms with Crippen molar-refractivity contribution in [3.63, 3.8) is 0 Å². The summed E-state index contributed by atoms with van der Waals surface area (Å²) in [6.07, 6.45) is 3.52. The van der Waals surface area contributed by atoms with E-state index in [2.05, 4.69) is 10.3 Å². The van der Waals surface area contributed by atoms with Crippen LogP contribution in [0.1, 0.15) is 37.7 Å². The first-order chi connectivity index (χ1) is 20.5. The highest BCUT2D eigenvalue weighted by Crippen LogP contribution is 2.37. The first-order valence-electron chi connectivity index (χ1n) is 14.6. The number of ether oxygens (including phenoxy) is 2. The van der Waals surface area contributed by atoms with Crippen LogP contribution in [-0.2, 0) is 24.6 Å². The summed E-state index contributed by atoms with van der Waals surface area (Å²) in [5.41, 5.74) is 0.599. The van der Waals surface area contributed by atoms with Gasteiger partial charge in [0.05, 0.1) is 22.4 Å². The fraction of sp³-hybridized carbons (Fsp3) is 0.500. The second kappa shape index (κ2) is 11.6. The molecule has 3 aliphatic rings. The Bertz CT molecular complexity index is 1780. The van der Waals surface area contributed by atoms with E-state index in [1.807, 2.05) is 13.0 Å². The van der Waals surface area contributed by atoms with Crippen molar-refractivity contribution in [2.24, 2.45) is 0 Å². The maximum absolute atomic E-state index is 13.4. The van der Waals surface area contributed by atoms with Crippen LogP contribution in [0.4, 0.5) is 0 Å². The first-order valence-corrected chi connectivity index (χ1v) is 17.6. The molecule has 1 aromatic heterocycles. The van der Waals surface area contributed by atoms with E-state index in [-0.39, 0.29) is 47.3 Å². The molecule has 6 rings (SSSR count). The maximum Gasteiger partial charge on any atom is 0.248 e. The third-order valence-electron chi connectivity index (χ3n) is 8.64. The second-order valence-electron chi connectivity index (χ2n) is 11.9. The number of pyridine rings is 1. The molecular weight excluding hydrogens is 594 g/mol. The van der Waals surface area contributed by atoms with Crippen molar-refractivity contribution in [1.29, 1.82) is 0 Å². The number of aromatic nitrogens is 1. The molecule has 2 saturated heterocycles. The van der Waals surface area contributed by atoms with Crippen molar-refractivity contribution >= 4 is 30.8 Å². The van der Waals surface area contributed by atoms with Gasteiger partial charge in [0.15, 0.2) is 9.84 Å². The zero-order valence-electron chi connectivity index (χ0n) is 24.0. The number of hydrogen-bond donors (Lipinski definition) is 3. The van der Waals surface area contributed by atoms with Crippen LogP contribution in [0.5, 0.6) is 5.75 Å². The van der Waals surface area contributed by atoms with Crippen LogP contribution in [0.3, 0.4) is 0 Å². The number of nitrogens with one attached hydrogen (secondary N) is 2. The lowest BCUT2D eigenvalue weighted by Gasteiger charge is -2.37. The Morgan fingerprint density at radius 3 is 2.65 bits per heavy atom. The lowest BCUT2D eigenvalue weighted by Crippen LogP contribution is -2.47. The number of aliphatic hydroxyl groups is 1. The molecule has 2 aromatic carbocycles. The lowest BCUT2D eigenvalue weighted by atomic mass is 9.88. The van der Waals surface area contributed by atoms with Gasteiger partial charge in [-0.1, -0.05) is 12.1 Å². The molecular formula is C30H37N3O8S2. The standard InChI is InChI=1S/C30H37N3O8S2/c1-20-5-8-26-27(13-20)32-17-28(29(26)35)43(38,39)33-11-9-30(10-12-33)15-21(18-41-30)31-16-22(34)19-40-23-3-2-4-25(14-23)42(36,37)24-6-7-24/h2-5,8,13-14,17,21-22,24,31,34H,6-7,9-12,15-16,18-19H2,1H3,(H,32,35)/t21-,22?/m1/s1. The van der Waals surface area contributed by atoms with Gasteiger partial charge in [-0.15, -0.1) is 0 Å². The van der Waals surface area contributed by atoms with Gasteiger partial charge in [-0.2, -0.15) is 4.31 Å². The Morgan fingerprint density at radius 2 is 1.91 bits per heavy atom. The van der Waals surface area contributed by atoms with E-state index in [4.69, 9.17) is 9.47 Å². The Kier molecular flexibility index (Phi) is 8.16. The normalized spacial score (nSPS) is 21.8. The number of benzene rings is 2. The molecule has 1 unspecified atom stereocenters. The van der Waals surface area contributed by atoms with Crippen LogP contribution in [0.25, 0.3) is 10.9 Å². The first kappa shape index (κ1) is 30.2. The molecule has 3 heterocycles. The van der Waals surface area contributed by atoms with Crippen LogP contribution in [0, 0.1) is 6.92 Å². The van der Waals surface area contributed by atoms with Crippen molar-refractivity contribution in [3.05, 3.63) is 64.4 Å². The number of aromatic amines is 1.